The predicted molar refractivity (Wildman–Crippen MR) is 245 cm³/mol. The Morgan fingerprint density at radius 3 is 2.31 bits per heavy atom. The van der Waals surface area contributed by atoms with Gasteiger partial charge in [-0.1, -0.05) is 37.5 Å². The van der Waals surface area contributed by atoms with Crippen molar-refractivity contribution >= 4 is 46.3 Å². The smallest absolute Gasteiger partial charge is 0.264 e. The fourth-order valence-electron chi connectivity index (χ4n) is 9.46. The molecular weight excluding hydrogens is 863 g/mol. The summed E-state index contributed by atoms with van der Waals surface area (Å²) in [4.78, 5) is 77.9. The number of fused-ring (bicyclic) bond motifs is 2. The number of nitrogens with zero attached hydrogens (tertiary/aromatic N) is 7. The van der Waals surface area contributed by atoms with Gasteiger partial charge in [-0.2, -0.15) is 5.10 Å². The topological polar surface area (TPSA) is 184 Å². The summed E-state index contributed by atoms with van der Waals surface area (Å²) in [7, 11) is 0. The van der Waals surface area contributed by atoms with Gasteiger partial charge in [0.15, 0.2) is 0 Å². The number of carbonyl (C=O) groups excluding carboxylic acids is 5. The summed E-state index contributed by atoms with van der Waals surface area (Å²) < 4.78 is 38.1. The summed E-state index contributed by atoms with van der Waals surface area (Å²) >= 11 is 0. The average molecular weight is 917 g/mol. The Labute approximate surface area is 386 Å². The van der Waals surface area contributed by atoms with Gasteiger partial charge in [0.2, 0.25) is 17.7 Å². The molecule has 16 nitrogen and oxygen atoms in total. The van der Waals surface area contributed by atoms with Gasteiger partial charge in [0, 0.05) is 80.8 Å². The minimum Gasteiger partial charge on any atom is -0.384 e. The van der Waals surface area contributed by atoms with E-state index in [0.717, 1.165) is 68.5 Å². The number of halogens is 2. The second kappa shape index (κ2) is 20.6. The number of ether oxygens (including phenoxy) is 1. The van der Waals surface area contributed by atoms with Crippen LogP contribution in [0, 0.1) is 11.6 Å². The van der Waals surface area contributed by atoms with Crippen molar-refractivity contribution in [3.8, 4) is 22.4 Å². The first-order valence-electron chi connectivity index (χ1n) is 23.3. The third-order valence-corrected chi connectivity index (χ3v) is 13.2. The van der Waals surface area contributed by atoms with Gasteiger partial charge in [-0.15, -0.1) is 0 Å². The van der Waals surface area contributed by atoms with Gasteiger partial charge in [0.05, 0.1) is 66.0 Å². The molecule has 0 spiro atoms. The Kier molecular flexibility index (Phi) is 14.0. The summed E-state index contributed by atoms with van der Waals surface area (Å²) in [5.74, 6) is -3.28. The Morgan fingerprint density at radius 2 is 1.54 bits per heavy atom. The molecule has 3 aromatic carbocycles. The van der Waals surface area contributed by atoms with Crippen molar-refractivity contribution in [3.63, 3.8) is 0 Å². The van der Waals surface area contributed by atoms with Crippen LogP contribution in [0.15, 0.2) is 67.1 Å². The molecule has 0 aliphatic carbocycles. The molecule has 3 saturated heterocycles. The van der Waals surface area contributed by atoms with Gasteiger partial charge >= 0.3 is 0 Å². The number of nitrogens with one attached hydrogen (secondary N) is 3. The largest absolute Gasteiger partial charge is 0.384 e. The molecule has 9 rings (SSSR count). The van der Waals surface area contributed by atoms with Crippen molar-refractivity contribution in [1.82, 2.24) is 45.1 Å². The van der Waals surface area contributed by atoms with Gasteiger partial charge in [0.1, 0.15) is 17.7 Å². The minimum absolute atomic E-state index is 0.00674. The number of imide groups is 2. The molecule has 1 atom stereocenters. The number of aromatic nitrogens is 4. The molecule has 5 aromatic rings. The van der Waals surface area contributed by atoms with Crippen molar-refractivity contribution in [3.05, 3.63) is 95.4 Å². The highest BCUT2D eigenvalue weighted by atomic mass is 19.1. The summed E-state index contributed by atoms with van der Waals surface area (Å²) in [6.07, 6.45) is 11.9. The maximum Gasteiger partial charge on any atom is 0.264 e. The fourth-order valence-corrected chi connectivity index (χ4v) is 9.46. The average Bonchev–Trinajstić information content (AvgIpc) is 3.92. The maximum absolute atomic E-state index is 15.4. The molecule has 18 heteroatoms. The van der Waals surface area contributed by atoms with Crippen molar-refractivity contribution in [2.45, 2.75) is 76.4 Å². The number of hydrogen-bond donors (Lipinski definition) is 3. The van der Waals surface area contributed by atoms with Gasteiger partial charge in [-0.3, -0.25) is 53.7 Å². The zero-order valence-corrected chi connectivity index (χ0v) is 37.3. The van der Waals surface area contributed by atoms with E-state index < -0.39 is 41.3 Å². The van der Waals surface area contributed by atoms with E-state index >= 15 is 8.78 Å². The SMILES string of the molecule is O=C(CN1CCC(n2cc(-c3cnc4cccc(-c5cc(F)c(CN6CCOCC6)c(F)c5)c4n3)cn2)CC1)NCCCCCCCNc1cccc2c1C(=O)N(C1CCC(=O)NC1=O)C2=O. The first kappa shape index (κ1) is 45.6. The molecular formula is C49H54F2N10O6. The van der Waals surface area contributed by atoms with E-state index in [4.69, 9.17) is 9.72 Å². The van der Waals surface area contributed by atoms with Gasteiger partial charge in [0.25, 0.3) is 11.8 Å². The molecule has 2 aromatic heterocycles. The van der Waals surface area contributed by atoms with Crippen LogP contribution in [0.3, 0.4) is 0 Å². The summed E-state index contributed by atoms with van der Waals surface area (Å²) in [5.41, 5.74) is 4.63. The highest BCUT2D eigenvalue weighted by Gasteiger charge is 2.45. The second-order valence-electron chi connectivity index (χ2n) is 17.7. The predicted octanol–water partition coefficient (Wildman–Crippen LogP) is 5.49. The van der Waals surface area contributed by atoms with E-state index in [0.29, 0.717) is 79.5 Å². The lowest BCUT2D eigenvalue weighted by Gasteiger charge is -2.31. The molecule has 0 saturated carbocycles. The lowest BCUT2D eigenvalue weighted by atomic mass is 10.0. The van der Waals surface area contributed by atoms with E-state index in [9.17, 15) is 24.0 Å². The Balaban J connectivity index is 0.684. The van der Waals surface area contributed by atoms with Crippen LogP contribution in [0.5, 0.6) is 0 Å². The van der Waals surface area contributed by atoms with Crippen LogP contribution >= 0.6 is 0 Å². The number of morpholine rings is 1. The van der Waals surface area contributed by atoms with E-state index in [1.165, 1.54) is 12.1 Å². The van der Waals surface area contributed by atoms with Crippen LogP contribution < -0.4 is 16.0 Å². The van der Waals surface area contributed by atoms with Crippen molar-refractivity contribution < 1.29 is 37.5 Å². The molecule has 3 N–H and O–H groups in total. The number of carbonyl (C=O) groups is 5. The monoisotopic (exact) mass is 916 g/mol. The number of benzene rings is 3. The molecule has 4 aliphatic rings. The maximum atomic E-state index is 15.4. The van der Waals surface area contributed by atoms with E-state index in [2.05, 4.69) is 30.9 Å². The lowest BCUT2D eigenvalue weighted by molar-refractivity contribution is -0.136. The normalized spacial score (nSPS) is 18.4. The molecule has 6 heterocycles. The summed E-state index contributed by atoms with van der Waals surface area (Å²) in [6, 6.07) is 12.4. The highest BCUT2D eigenvalue weighted by Crippen LogP contribution is 2.34. The van der Waals surface area contributed by atoms with Crippen LogP contribution in [-0.4, -0.2) is 129 Å². The quantitative estimate of drug-likeness (QED) is 0.0790. The number of anilines is 1. The van der Waals surface area contributed by atoms with Gasteiger partial charge in [-0.05, 0) is 68.0 Å². The fraction of sp³-hybridized carbons (Fsp3) is 0.429. The molecule has 0 radical (unpaired) electrons. The second-order valence-corrected chi connectivity index (χ2v) is 17.7. The first-order chi connectivity index (χ1) is 32.6. The molecule has 350 valence electrons. The zero-order chi connectivity index (χ0) is 46.4. The molecule has 0 bridgehead atoms. The Hall–Kier alpha value is -6.50. The van der Waals surface area contributed by atoms with Crippen LogP contribution in [0.1, 0.15) is 90.1 Å². The summed E-state index contributed by atoms with van der Waals surface area (Å²) in [5, 5.41) is 13.2. The van der Waals surface area contributed by atoms with E-state index in [-0.39, 0.29) is 48.0 Å². The van der Waals surface area contributed by atoms with Crippen molar-refractivity contribution in [1.29, 1.82) is 0 Å². The number of rotatable bonds is 17. The Morgan fingerprint density at radius 1 is 0.806 bits per heavy atom. The number of amides is 5. The molecule has 1 unspecified atom stereocenters. The highest BCUT2D eigenvalue weighted by molar-refractivity contribution is 6.25. The number of para-hydroxylation sites is 1. The van der Waals surface area contributed by atoms with Gasteiger partial charge < -0.3 is 15.4 Å². The number of hydrogen-bond acceptors (Lipinski definition) is 12. The van der Waals surface area contributed by atoms with Crippen LogP contribution in [0.4, 0.5) is 14.5 Å². The van der Waals surface area contributed by atoms with Crippen LogP contribution in [0.2, 0.25) is 0 Å². The first-order valence-corrected chi connectivity index (χ1v) is 23.3. The van der Waals surface area contributed by atoms with Crippen molar-refractivity contribution in [2.75, 3.05) is 64.3 Å². The zero-order valence-electron chi connectivity index (χ0n) is 37.3. The van der Waals surface area contributed by atoms with Crippen LogP contribution in [-0.2, 0) is 25.7 Å². The molecule has 3 fully saturated rings. The van der Waals surface area contributed by atoms with E-state index in [1.54, 1.807) is 36.7 Å². The third kappa shape index (κ3) is 10.3. The minimum atomic E-state index is -1.00. The standard InChI is InChI=1S/C49H54F2N10O6/c50-37-24-31(25-38(51)36(37)29-59-20-22-67-23-21-59)34-8-6-11-40-46(34)56-41(27-54-40)32-26-55-60(28-32)33-14-18-58(19-15-33)30-44(63)53-17-5-3-1-2-4-16-52-39-10-7-9-35-45(39)49(66)61(48(35)65)42-12-13-43(62)57-47(42)64/h6-11,24-28,33,42,52H,1-5,12-23,29-30H2,(H,53,63)(H,57,62,64). The van der Waals surface area contributed by atoms with Gasteiger partial charge in [-0.25, -0.2) is 13.8 Å². The number of unbranched alkanes of at least 4 members (excludes halogenated alkanes) is 4. The van der Waals surface area contributed by atoms with Crippen LogP contribution in [0.25, 0.3) is 33.4 Å². The molecule has 67 heavy (non-hydrogen) atoms. The lowest BCUT2D eigenvalue weighted by Crippen LogP contribution is -2.54. The third-order valence-electron chi connectivity index (χ3n) is 13.2. The molecule has 5 amide bonds. The Bertz CT molecular complexity index is 2660. The van der Waals surface area contributed by atoms with Crippen molar-refractivity contribution in [2.24, 2.45) is 0 Å². The van der Waals surface area contributed by atoms with E-state index in [1.807, 2.05) is 27.9 Å². The number of piperidine rings is 2. The summed E-state index contributed by atoms with van der Waals surface area (Å²) in [6.45, 7) is 5.59. The molecule has 4 aliphatic heterocycles. The number of likely N-dealkylation sites (tertiary alicyclic amines) is 1.